The number of ether oxygens (including phenoxy) is 3. The Morgan fingerprint density at radius 3 is 1.24 bits per heavy atom. The van der Waals surface area contributed by atoms with Crippen LogP contribution in [0.3, 0.4) is 0 Å². The average Bonchev–Trinajstić information content (AvgIpc) is 2.90. The maximum Gasteiger partial charge on any atom is 0.211 e. The highest BCUT2D eigenvalue weighted by atomic mass is 16.5. The number of aromatic hydroxyl groups is 2. The van der Waals surface area contributed by atoms with Gasteiger partial charge in [-0.1, -0.05) is 118 Å². The van der Waals surface area contributed by atoms with E-state index in [1.54, 1.807) is 0 Å². The van der Waals surface area contributed by atoms with E-state index in [1.165, 1.54) is 57.8 Å². The molecule has 5 heteroatoms. The van der Waals surface area contributed by atoms with Crippen molar-refractivity contribution in [2.45, 2.75) is 150 Å². The van der Waals surface area contributed by atoms with Crippen molar-refractivity contribution in [3.05, 3.63) is 5.56 Å². The third-order valence-electron chi connectivity index (χ3n) is 6.92. The van der Waals surface area contributed by atoms with E-state index in [0.717, 1.165) is 57.8 Å². The Bertz CT molecular complexity index is 688. The molecule has 1 rings (SSSR count). The third kappa shape index (κ3) is 13.5. The van der Waals surface area contributed by atoms with Gasteiger partial charge in [0.1, 0.15) is 0 Å². The standard InChI is InChI=1S/C32H58O5/c1-5-9-13-16-20-24-35-30-27(23-19-12-8-4)28(33)29(34)31(36-25-21-17-14-10-6-2)32(30)37-26-22-18-15-11-7-3/h33-34H,5-26H2,1-4H3. The first-order chi connectivity index (χ1) is 18.1. The van der Waals surface area contributed by atoms with Crippen molar-refractivity contribution < 1.29 is 24.4 Å². The molecular formula is C32H58O5. The zero-order valence-corrected chi connectivity index (χ0v) is 24.7. The normalized spacial score (nSPS) is 11.1. The zero-order chi connectivity index (χ0) is 27.1. The molecule has 0 aromatic heterocycles. The van der Waals surface area contributed by atoms with Crippen LogP contribution in [0.15, 0.2) is 0 Å². The molecule has 0 aliphatic carbocycles. The van der Waals surface area contributed by atoms with Gasteiger partial charge >= 0.3 is 0 Å². The van der Waals surface area contributed by atoms with Gasteiger partial charge in [0.15, 0.2) is 11.5 Å². The minimum atomic E-state index is -0.212. The molecule has 37 heavy (non-hydrogen) atoms. The van der Waals surface area contributed by atoms with E-state index < -0.39 is 0 Å². The molecule has 0 amide bonds. The Balaban J connectivity index is 3.14. The molecule has 0 aliphatic heterocycles. The van der Waals surface area contributed by atoms with E-state index in [9.17, 15) is 10.2 Å². The first-order valence-electron chi connectivity index (χ1n) is 15.6. The lowest BCUT2D eigenvalue weighted by molar-refractivity contribution is 0.222. The van der Waals surface area contributed by atoms with Gasteiger partial charge in [-0.3, -0.25) is 0 Å². The molecule has 0 spiro atoms. The van der Waals surface area contributed by atoms with Crippen molar-refractivity contribution in [2.24, 2.45) is 0 Å². The quantitative estimate of drug-likeness (QED) is 0.0987. The third-order valence-corrected chi connectivity index (χ3v) is 6.92. The van der Waals surface area contributed by atoms with Crippen LogP contribution < -0.4 is 14.2 Å². The van der Waals surface area contributed by atoms with Crippen molar-refractivity contribution in [3.63, 3.8) is 0 Å². The molecule has 0 fully saturated rings. The van der Waals surface area contributed by atoms with Crippen molar-refractivity contribution in [1.29, 1.82) is 0 Å². The van der Waals surface area contributed by atoms with Gasteiger partial charge in [0.25, 0.3) is 0 Å². The molecule has 0 saturated carbocycles. The zero-order valence-electron chi connectivity index (χ0n) is 24.7. The van der Waals surface area contributed by atoms with Crippen LogP contribution in [-0.4, -0.2) is 30.0 Å². The summed E-state index contributed by atoms with van der Waals surface area (Å²) >= 11 is 0. The molecule has 5 nitrogen and oxygen atoms in total. The van der Waals surface area contributed by atoms with Gasteiger partial charge in [-0.25, -0.2) is 0 Å². The minimum absolute atomic E-state index is 0.117. The van der Waals surface area contributed by atoms with Crippen LogP contribution in [0.1, 0.15) is 149 Å². The molecule has 2 N–H and O–H groups in total. The molecule has 1 aromatic carbocycles. The molecule has 0 radical (unpaired) electrons. The summed E-state index contributed by atoms with van der Waals surface area (Å²) in [5.74, 6) is 0.947. The smallest absolute Gasteiger partial charge is 0.211 e. The molecule has 0 heterocycles. The molecule has 1 aromatic rings. The Kier molecular flexibility index (Phi) is 20.0. The summed E-state index contributed by atoms with van der Waals surface area (Å²) in [4.78, 5) is 0. The molecule has 0 aliphatic rings. The van der Waals surface area contributed by atoms with E-state index in [0.29, 0.717) is 43.3 Å². The highest BCUT2D eigenvalue weighted by molar-refractivity contribution is 5.69. The second kappa shape index (κ2) is 22.2. The minimum Gasteiger partial charge on any atom is -0.504 e. The van der Waals surface area contributed by atoms with E-state index in [-0.39, 0.29) is 17.2 Å². The highest BCUT2D eigenvalue weighted by Crippen LogP contribution is 2.53. The van der Waals surface area contributed by atoms with E-state index >= 15 is 0 Å². The summed E-state index contributed by atoms with van der Waals surface area (Å²) in [7, 11) is 0. The first-order valence-corrected chi connectivity index (χ1v) is 15.6. The van der Waals surface area contributed by atoms with Gasteiger partial charge in [0, 0.05) is 5.56 Å². The maximum absolute atomic E-state index is 11.0. The average molecular weight is 523 g/mol. The van der Waals surface area contributed by atoms with Gasteiger partial charge in [0.2, 0.25) is 17.2 Å². The first kappa shape index (κ1) is 33.2. The second-order valence-corrected chi connectivity index (χ2v) is 10.4. The molecule has 0 atom stereocenters. The largest absolute Gasteiger partial charge is 0.504 e. The SMILES string of the molecule is CCCCCCCOc1c(O)c(O)c(CCCCC)c(OCCCCCCC)c1OCCCCCCC. The molecule has 0 saturated heterocycles. The molecule has 0 unspecified atom stereocenters. The fourth-order valence-electron chi connectivity index (χ4n) is 4.55. The van der Waals surface area contributed by atoms with Gasteiger partial charge in [-0.2, -0.15) is 0 Å². The van der Waals surface area contributed by atoms with Crippen molar-refractivity contribution in [3.8, 4) is 28.7 Å². The molecule has 0 bridgehead atoms. The predicted molar refractivity (Wildman–Crippen MR) is 156 cm³/mol. The topological polar surface area (TPSA) is 68.2 Å². The van der Waals surface area contributed by atoms with Crippen LogP contribution in [0.4, 0.5) is 0 Å². The monoisotopic (exact) mass is 522 g/mol. The van der Waals surface area contributed by atoms with Crippen molar-refractivity contribution >= 4 is 0 Å². The van der Waals surface area contributed by atoms with Gasteiger partial charge in [-0.05, 0) is 32.1 Å². The summed E-state index contributed by atoms with van der Waals surface area (Å²) in [6.07, 6.45) is 20.7. The Morgan fingerprint density at radius 2 is 0.784 bits per heavy atom. The van der Waals surface area contributed by atoms with Crippen LogP contribution in [0.2, 0.25) is 0 Å². The predicted octanol–water partition coefficient (Wildman–Crippen LogP) is 9.88. The molecule has 216 valence electrons. The van der Waals surface area contributed by atoms with Crippen molar-refractivity contribution in [1.82, 2.24) is 0 Å². The number of unbranched alkanes of at least 4 members (excludes halogenated alkanes) is 14. The van der Waals surface area contributed by atoms with Gasteiger partial charge in [-0.15, -0.1) is 0 Å². The Hall–Kier alpha value is -1.78. The summed E-state index contributed by atoms with van der Waals surface area (Å²) in [5, 5.41) is 22.0. The second-order valence-electron chi connectivity index (χ2n) is 10.4. The summed E-state index contributed by atoms with van der Waals surface area (Å²) in [6.45, 7) is 10.4. The number of hydrogen-bond acceptors (Lipinski definition) is 5. The Morgan fingerprint density at radius 1 is 0.405 bits per heavy atom. The number of hydrogen-bond donors (Lipinski definition) is 2. The number of rotatable bonds is 25. The van der Waals surface area contributed by atoms with Crippen LogP contribution in [-0.2, 0) is 6.42 Å². The van der Waals surface area contributed by atoms with E-state index in [1.807, 2.05) is 0 Å². The summed E-state index contributed by atoms with van der Waals surface area (Å²) < 4.78 is 18.7. The van der Waals surface area contributed by atoms with Gasteiger partial charge < -0.3 is 24.4 Å². The highest BCUT2D eigenvalue weighted by Gasteiger charge is 2.27. The summed E-state index contributed by atoms with van der Waals surface area (Å²) in [6, 6.07) is 0. The number of benzene rings is 1. The fraction of sp³-hybridized carbons (Fsp3) is 0.812. The lowest BCUT2D eigenvalue weighted by Crippen LogP contribution is -2.09. The van der Waals surface area contributed by atoms with Crippen LogP contribution >= 0.6 is 0 Å². The lowest BCUT2D eigenvalue weighted by Gasteiger charge is -2.22. The molecular weight excluding hydrogens is 464 g/mol. The maximum atomic E-state index is 11.0. The van der Waals surface area contributed by atoms with E-state index in [2.05, 4.69) is 27.7 Å². The van der Waals surface area contributed by atoms with E-state index in [4.69, 9.17) is 14.2 Å². The van der Waals surface area contributed by atoms with Gasteiger partial charge in [0.05, 0.1) is 19.8 Å². The fourth-order valence-corrected chi connectivity index (χ4v) is 4.55. The van der Waals surface area contributed by atoms with Crippen LogP contribution in [0.25, 0.3) is 0 Å². The Labute approximate surface area is 228 Å². The van der Waals surface area contributed by atoms with Crippen LogP contribution in [0, 0.1) is 0 Å². The van der Waals surface area contributed by atoms with Crippen LogP contribution in [0.5, 0.6) is 28.7 Å². The number of phenols is 2. The van der Waals surface area contributed by atoms with Crippen molar-refractivity contribution in [2.75, 3.05) is 19.8 Å². The summed E-state index contributed by atoms with van der Waals surface area (Å²) in [5.41, 5.74) is 0.649. The number of phenolic OH excluding ortho intramolecular Hbond substituents is 2. The lowest BCUT2D eigenvalue weighted by atomic mass is 10.0.